The third kappa shape index (κ3) is 2.90. The van der Waals surface area contributed by atoms with Crippen molar-refractivity contribution in [2.45, 2.75) is 45.6 Å². The summed E-state index contributed by atoms with van der Waals surface area (Å²) >= 11 is 1.87. The molecule has 4 heteroatoms. The zero-order valence-corrected chi connectivity index (χ0v) is 12.3. The lowest BCUT2D eigenvalue weighted by Crippen LogP contribution is -2.24. The standard InChI is InChI=1S/C15H20N2OS/c1-10(2)16-7-6-15-17-9-12(18-15)14-8-11-4-3-5-13(11)19-14/h8-10,16H,3-7H2,1-2H3. The SMILES string of the molecule is CC(C)NCCc1ncc(-c2cc3c(s2)CCC3)o1. The minimum Gasteiger partial charge on any atom is -0.440 e. The zero-order chi connectivity index (χ0) is 13.2. The van der Waals surface area contributed by atoms with Gasteiger partial charge in [0.1, 0.15) is 0 Å². The third-order valence-electron chi connectivity index (χ3n) is 3.43. The first-order valence-corrected chi connectivity index (χ1v) is 7.84. The molecule has 0 aliphatic heterocycles. The molecule has 1 N–H and O–H groups in total. The molecule has 2 aromatic rings. The molecule has 0 saturated heterocycles. The minimum atomic E-state index is 0.509. The van der Waals surface area contributed by atoms with Crippen molar-refractivity contribution in [1.29, 1.82) is 0 Å². The number of nitrogens with zero attached hydrogens (tertiary/aromatic N) is 1. The molecule has 0 unspecified atom stereocenters. The summed E-state index contributed by atoms with van der Waals surface area (Å²) in [4.78, 5) is 7.15. The first kappa shape index (κ1) is 12.9. The number of rotatable bonds is 5. The third-order valence-corrected chi connectivity index (χ3v) is 4.69. The molecule has 0 aromatic carbocycles. The number of aromatic nitrogens is 1. The van der Waals surface area contributed by atoms with Gasteiger partial charge in [-0.25, -0.2) is 4.98 Å². The number of thiophene rings is 1. The highest BCUT2D eigenvalue weighted by molar-refractivity contribution is 7.15. The Hall–Kier alpha value is -1.13. The minimum absolute atomic E-state index is 0.509. The van der Waals surface area contributed by atoms with E-state index in [9.17, 15) is 0 Å². The van der Waals surface area contributed by atoms with Gasteiger partial charge < -0.3 is 9.73 Å². The van der Waals surface area contributed by atoms with E-state index in [1.54, 1.807) is 0 Å². The molecule has 0 radical (unpaired) electrons. The van der Waals surface area contributed by atoms with Gasteiger partial charge in [-0.05, 0) is 30.9 Å². The number of aryl methyl sites for hydroxylation is 2. The molecule has 19 heavy (non-hydrogen) atoms. The predicted octanol–water partition coefficient (Wildman–Crippen LogP) is 3.43. The molecule has 102 valence electrons. The second-order valence-corrected chi connectivity index (χ2v) is 6.53. The van der Waals surface area contributed by atoms with Crippen molar-refractivity contribution < 1.29 is 4.42 Å². The summed E-state index contributed by atoms with van der Waals surface area (Å²) in [5, 5.41) is 3.38. The number of fused-ring (bicyclic) bond motifs is 1. The van der Waals surface area contributed by atoms with Gasteiger partial charge in [-0.1, -0.05) is 13.8 Å². The van der Waals surface area contributed by atoms with Gasteiger partial charge in [0.2, 0.25) is 0 Å². The summed E-state index contributed by atoms with van der Waals surface area (Å²) < 4.78 is 5.85. The van der Waals surface area contributed by atoms with Gasteiger partial charge in [-0.2, -0.15) is 0 Å². The Balaban J connectivity index is 1.66. The topological polar surface area (TPSA) is 38.1 Å². The molecule has 3 rings (SSSR count). The van der Waals surface area contributed by atoms with Crippen LogP contribution < -0.4 is 5.32 Å². The van der Waals surface area contributed by atoms with Gasteiger partial charge in [0.25, 0.3) is 0 Å². The van der Waals surface area contributed by atoms with E-state index in [1.807, 2.05) is 17.5 Å². The van der Waals surface area contributed by atoms with Crippen molar-refractivity contribution in [2.24, 2.45) is 0 Å². The van der Waals surface area contributed by atoms with Crippen LogP contribution in [0.25, 0.3) is 10.6 Å². The van der Waals surface area contributed by atoms with Crippen LogP contribution in [0.15, 0.2) is 16.7 Å². The van der Waals surface area contributed by atoms with E-state index in [-0.39, 0.29) is 0 Å². The maximum atomic E-state index is 5.85. The highest BCUT2D eigenvalue weighted by Crippen LogP contribution is 2.36. The molecule has 0 atom stereocenters. The Labute approximate surface area is 118 Å². The van der Waals surface area contributed by atoms with Crippen LogP contribution in [0.3, 0.4) is 0 Å². The van der Waals surface area contributed by atoms with Crippen LogP contribution in [-0.4, -0.2) is 17.6 Å². The van der Waals surface area contributed by atoms with Gasteiger partial charge in [0.05, 0.1) is 11.1 Å². The largest absolute Gasteiger partial charge is 0.440 e. The van der Waals surface area contributed by atoms with E-state index in [0.717, 1.165) is 24.6 Å². The average Bonchev–Trinajstić information content (AvgIpc) is 3.01. The summed E-state index contributed by atoms with van der Waals surface area (Å²) in [5.41, 5.74) is 1.51. The lowest BCUT2D eigenvalue weighted by Gasteiger charge is -2.05. The van der Waals surface area contributed by atoms with E-state index in [1.165, 1.54) is 34.6 Å². The molecular weight excluding hydrogens is 256 g/mol. The fourth-order valence-corrected chi connectivity index (χ4v) is 3.66. The summed E-state index contributed by atoms with van der Waals surface area (Å²) in [6, 6.07) is 2.79. The van der Waals surface area contributed by atoms with Gasteiger partial charge in [-0.3, -0.25) is 0 Å². The summed E-state index contributed by atoms with van der Waals surface area (Å²) in [7, 11) is 0. The van der Waals surface area contributed by atoms with Crippen molar-refractivity contribution in [3.8, 4) is 10.6 Å². The van der Waals surface area contributed by atoms with Gasteiger partial charge in [-0.15, -0.1) is 11.3 Å². The van der Waals surface area contributed by atoms with Crippen LogP contribution in [-0.2, 0) is 19.3 Å². The molecule has 1 aliphatic carbocycles. The smallest absolute Gasteiger partial charge is 0.196 e. The van der Waals surface area contributed by atoms with Crippen LogP contribution in [0.2, 0.25) is 0 Å². The van der Waals surface area contributed by atoms with Crippen LogP contribution in [0.5, 0.6) is 0 Å². The first-order valence-electron chi connectivity index (χ1n) is 7.02. The predicted molar refractivity (Wildman–Crippen MR) is 78.7 cm³/mol. The maximum Gasteiger partial charge on any atom is 0.196 e. The van der Waals surface area contributed by atoms with E-state index in [0.29, 0.717) is 6.04 Å². The number of nitrogens with one attached hydrogen (secondary N) is 1. The van der Waals surface area contributed by atoms with E-state index in [4.69, 9.17) is 4.42 Å². The van der Waals surface area contributed by atoms with Crippen LogP contribution in [0.1, 0.15) is 36.6 Å². The zero-order valence-electron chi connectivity index (χ0n) is 11.5. The van der Waals surface area contributed by atoms with Gasteiger partial charge >= 0.3 is 0 Å². The fraction of sp³-hybridized carbons (Fsp3) is 0.533. The summed E-state index contributed by atoms with van der Waals surface area (Å²) in [6.07, 6.45) is 6.49. The van der Waals surface area contributed by atoms with Crippen molar-refractivity contribution in [2.75, 3.05) is 6.54 Å². The molecule has 2 heterocycles. The summed E-state index contributed by atoms with van der Waals surface area (Å²) in [6.45, 7) is 5.21. The first-order chi connectivity index (χ1) is 9.22. The normalized spacial score (nSPS) is 14.3. The average molecular weight is 276 g/mol. The molecule has 0 fully saturated rings. The van der Waals surface area contributed by atoms with Crippen LogP contribution in [0.4, 0.5) is 0 Å². The quantitative estimate of drug-likeness (QED) is 0.909. The maximum absolute atomic E-state index is 5.85. The Kier molecular flexibility index (Phi) is 3.71. The van der Waals surface area contributed by atoms with Crippen LogP contribution in [0, 0.1) is 0 Å². The van der Waals surface area contributed by atoms with E-state index >= 15 is 0 Å². The van der Waals surface area contributed by atoms with Crippen LogP contribution >= 0.6 is 11.3 Å². The number of oxazole rings is 1. The van der Waals surface area contributed by atoms with Crippen molar-refractivity contribution in [1.82, 2.24) is 10.3 Å². The van der Waals surface area contributed by atoms with Gasteiger partial charge in [0, 0.05) is 23.9 Å². The second-order valence-electron chi connectivity index (χ2n) is 5.39. The Morgan fingerprint density at radius 3 is 3.11 bits per heavy atom. The highest BCUT2D eigenvalue weighted by atomic mass is 32.1. The Bertz CT molecular complexity index is 535. The molecule has 0 amide bonds. The highest BCUT2D eigenvalue weighted by Gasteiger charge is 2.17. The van der Waals surface area contributed by atoms with Crippen molar-refractivity contribution >= 4 is 11.3 Å². The molecule has 0 saturated carbocycles. The molecule has 1 aliphatic rings. The number of hydrogen-bond donors (Lipinski definition) is 1. The lowest BCUT2D eigenvalue weighted by atomic mass is 10.2. The van der Waals surface area contributed by atoms with E-state index < -0.39 is 0 Å². The lowest BCUT2D eigenvalue weighted by molar-refractivity contribution is 0.485. The Morgan fingerprint density at radius 1 is 1.42 bits per heavy atom. The monoisotopic (exact) mass is 276 g/mol. The molecule has 0 bridgehead atoms. The summed E-state index contributed by atoms with van der Waals surface area (Å²) in [5.74, 6) is 1.76. The fourth-order valence-electron chi connectivity index (χ4n) is 2.46. The van der Waals surface area contributed by atoms with Gasteiger partial charge in [0.15, 0.2) is 11.7 Å². The molecule has 2 aromatic heterocycles. The van der Waals surface area contributed by atoms with Crippen molar-refractivity contribution in [3.63, 3.8) is 0 Å². The number of hydrogen-bond acceptors (Lipinski definition) is 4. The second kappa shape index (κ2) is 5.47. The molecule has 0 spiro atoms. The van der Waals surface area contributed by atoms with E-state index in [2.05, 4.69) is 30.2 Å². The molecular formula is C15H20N2OS. The van der Waals surface area contributed by atoms with Crippen molar-refractivity contribution in [3.05, 3.63) is 28.6 Å². The Morgan fingerprint density at radius 2 is 2.32 bits per heavy atom. The molecule has 3 nitrogen and oxygen atoms in total.